The summed E-state index contributed by atoms with van der Waals surface area (Å²) in [5.74, 6) is 0. The van der Waals surface area contributed by atoms with E-state index in [1.165, 1.54) is 11.4 Å². The fourth-order valence-electron chi connectivity index (χ4n) is 1.92. The van der Waals surface area contributed by atoms with Gasteiger partial charge < -0.3 is 4.98 Å². The fourth-order valence-corrected chi connectivity index (χ4v) is 2.70. The van der Waals surface area contributed by atoms with Gasteiger partial charge in [-0.3, -0.25) is 0 Å². The van der Waals surface area contributed by atoms with Crippen LogP contribution in [0.25, 0.3) is 22.2 Å². The molecule has 3 heterocycles. The van der Waals surface area contributed by atoms with Gasteiger partial charge in [-0.15, -0.1) is 11.3 Å². The minimum absolute atomic E-state index is 0.201. The maximum atomic E-state index is 12.9. The van der Waals surface area contributed by atoms with E-state index in [2.05, 4.69) is 9.97 Å². The van der Waals surface area contributed by atoms with Gasteiger partial charge in [0, 0.05) is 28.9 Å². The lowest BCUT2D eigenvalue weighted by atomic mass is 10.1. The summed E-state index contributed by atoms with van der Waals surface area (Å²) in [4.78, 5) is 6.37. The van der Waals surface area contributed by atoms with Crippen LogP contribution >= 0.6 is 11.3 Å². The van der Waals surface area contributed by atoms with Crippen molar-refractivity contribution in [3.8, 4) is 11.1 Å². The van der Waals surface area contributed by atoms with Crippen molar-refractivity contribution in [3.63, 3.8) is 0 Å². The average Bonchev–Trinajstić information content (AvgIpc) is 2.93. The normalized spacial score (nSPS) is 12.2. The third kappa shape index (κ3) is 1.69. The van der Waals surface area contributed by atoms with Crippen molar-refractivity contribution in [2.24, 2.45) is 0 Å². The van der Waals surface area contributed by atoms with Gasteiger partial charge in [0.05, 0.1) is 0 Å². The van der Waals surface area contributed by atoms with Crippen molar-refractivity contribution in [2.45, 2.75) is 6.18 Å². The van der Waals surface area contributed by atoms with Gasteiger partial charge in [-0.1, -0.05) is 0 Å². The van der Waals surface area contributed by atoms with Crippen molar-refractivity contribution in [2.75, 3.05) is 0 Å². The summed E-state index contributed by atoms with van der Waals surface area (Å²) in [6, 6.07) is 4.95. The number of alkyl halides is 3. The maximum Gasteiger partial charge on any atom is 0.426 e. The van der Waals surface area contributed by atoms with Gasteiger partial charge in [-0.05, 0) is 23.6 Å². The van der Waals surface area contributed by atoms with Crippen LogP contribution in [0.2, 0.25) is 0 Å². The summed E-state index contributed by atoms with van der Waals surface area (Å²) in [7, 11) is 0. The Balaban J connectivity index is 2.25. The molecule has 0 saturated heterocycles. The molecule has 0 spiro atoms. The molecule has 0 aliphatic heterocycles. The van der Waals surface area contributed by atoms with E-state index < -0.39 is 11.1 Å². The number of H-pyrrole nitrogens is 1. The Labute approximate surface area is 104 Å². The fraction of sp³-hybridized carbons (Fsp3) is 0.0833. The Bertz CT molecular complexity index is 696. The molecule has 0 unspecified atom stereocenters. The molecule has 3 aromatic rings. The predicted octanol–water partition coefficient (Wildman–Crippen LogP) is 4.31. The van der Waals surface area contributed by atoms with Gasteiger partial charge >= 0.3 is 6.18 Å². The van der Waals surface area contributed by atoms with Gasteiger partial charge in [-0.25, -0.2) is 4.98 Å². The highest BCUT2D eigenvalue weighted by molar-refractivity contribution is 7.10. The number of pyridine rings is 1. The minimum Gasteiger partial charge on any atom is -0.346 e. The molecule has 0 aliphatic rings. The second-order valence-corrected chi connectivity index (χ2v) is 4.68. The predicted molar refractivity (Wildman–Crippen MR) is 64.4 cm³/mol. The van der Waals surface area contributed by atoms with E-state index in [-0.39, 0.29) is 5.56 Å². The SMILES string of the molecule is FC(F)(F)c1sccc1-c1c[nH]c2ncccc12. The number of thiophene rings is 1. The third-order valence-electron chi connectivity index (χ3n) is 2.66. The third-order valence-corrected chi connectivity index (χ3v) is 3.62. The maximum absolute atomic E-state index is 12.9. The van der Waals surface area contributed by atoms with Crippen molar-refractivity contribution in [3.05, 3.63) is 40.8 Å². The smallest absolute Gasteiger partial charge is 0.346 e. The lowest BCUT2D eigenvalue weighted by molar-refractivity contribution is -0.133. The zero-order chi connectivity index (χ0) is 12.8. The van der Waals surface area contributed by atoms with Crippen LogP contribution < -0.4 is 0 Å². The minimum atomic E-state index is -4.32. The molecule has 0 amide bonds. The standard InChI is InChI=1S/C12H7F3N2S/c13-12(14,15)10-7(3-5-18-10)9-6-17-11-8(9)2-1-4-16-11/h1-6H,(H,16,17). The highest BCUT2D eigenvalue weighted by Gasteiger charge is 2.35. The van der Waals surface area contributed by atoms with Crippen molar-refractivity contribution < 1.29 is 13.2 Å². The summed E-state index contributed by atoms with van der Waals surface area (Å²) in [6.45, 7) is 0. The summed E-state index contributed by atoms with van der Waals surface area (Å²) in [5.41, 5.74) is 1.32. The molecule has 0 atom stereocenters. The highest BCUT2D eigenvalue weighted by Crippen LogP contribution is 2.42. The van der Waals surface area contributed by atoms with E-state index in [0.717, 1.165) is 0 Å². The number of aromatic amines is 1. The molecule has 6 heteroatoms. The lowest BCUT2D eigenvalue weighted by Crippen LogP contribution is -2.03. The number of nitrogens with one attached hydrogen (secondary N) is 1. The first-order chi connectivity index (χ1) is 8.57. The summed E-state index contributed by atoms with van der Waals surface area (Å²) in [5, 5.41) is 2.15. The zero-order valence-electron chi connectivity index (χ0n) is 8.95. The second kappa shape index (κ2) is 3.84. The molecule has 0 aromatic carbocycles. The topological polar surface area (TPSA) is 28.7 Å². The van der Waals surface area contributed by atoms with Gasteiger partial charge in [0.2, 0.25) is 0 Å². The number of hydrogen-bond acceptors (Lipinski definition) is 2. The monoisotopic (exact) mass is 268 g/mol. The molecule has 1 N–H and O–H groups in total. The molecule has 92 valence electrons. The first-order valence-electron chi connectivity index (χ1n) is 5.14. The van der Waals surface area contributed by atoms with Crippen LogP contribution in [0.15, 0.2) is 36.0 Å². The summed E-state index contributed by atoms with van der Waals surface area (Å²) >= 11 is 0.704. The molecule has 2 nitrogen and oxygen atoms in total. The molecule has 3 rings (SSSR count). The van der Waals surface area contributed by atoms with Crippen LogP contribution in [0.1, 0.15) is 4.88 Å². The molecule has 0 radical (unpaired) electrons. The quantitative estimate of drug-likeness (QED) is 0.700. The van der Waals surface area contributed by atoms with E-state index in [1.54, 1.807) is 24.5 Å². The molecule has 0 bridgehead atoms. The highest BCUT2D eigenvalue weighted by atomic mass is 32.1. The molecule has 3 aromatic heterocycles. The first-order valence-corrected chi connectivity index (χ1v) is 6.02. The molecule has 18 heavy (non-hydrogen) atoms. The van der Waals surface area contributed by atoms with Crippen LogP contribution in [0, 0.1) is 0 Å². The molecule has 0 saturated carbocycles. The molecule has 0 fully saturated rings. The lowest BCUT2D eigenvalue weighted by Gasteiger charge is -2.06. The summed E-state index contributed by atoms with van der Waals surface area (Å²) in [6.07, 6.45) is -1.16. The largest absolute Gasteiger partial charge is 0.426 e. The van der Waals surface area contributed by atoms with Crippen LogP contribution in [0.5, 0.6) is 0 Å². The van der Waals surface area contributed by atoms with Crippen LogP contribution in [-0.2, 0) is 6.18 Å². The van der Waals surface area contributed by atoms with E-state index >= 15 is 0 Å². The van der Waals surface area contributed by atoms with Gasteiger partial charge in [-0.2, -0.15) is 13.2 Å². The Morgan fingerprint density at radius 3 is 2.78 bits per heavy atom. The Kier molecular flexibility index (Phi) is 2.41. The zero-order valence-corrected chi connectivity index (χ0v) is 9.77. The van der Waals surface area contributed by atoms with E-state index in [9.17, 15) is 13.2 Å². The van der Waals surface area contributed by atoms with Crippen molar-refractivity contribution >= 4 is 22.4 Å². The number of hydrogen-bond donors (Lipinski definition) is 1. The van der Waals surface area contributed by atoms with Gasteiger partial charge in [0.25, 0.3) is 0 Å². The van der Waals surface area contributed by atoms with E-state index in [0.29, 0.717) is 27.9 Å². The number of aromatic nitrogens is 2. The molecule has 0 aliphatic carbocycles. The average molecular weight is 268 g/mol. The number of rotatable bonds is 1. The Morgan fingerprint density at radius 2 is 2.00 bits per heavy atom. The van der Waals surface area contributed by atoms with Gasteiger partial charge in [0.15, 0.2) is 0 Å². The van der Waals surface area contributed by atoms with E-state index in [4.69, 9.17) is 0 Å². The van der Waals surface area contributed by atoms with Gasteiger partial charge in [0.1, 0.15) is 10.5 Å². The summed E-state index contributed by atoms with van der Waals surface area (Å²) < 4.78 is 38.6. The Morgan fingerprint density at radius 1 is 1.17 bits per heavy atom. The Hall–Kier alpha value is -1.82. The molecular weight excluding hydrogens is 261 g/mol. The number of fused-ring (bicyclic) bond motifs is 1. The number of nitrogens with zero attached hydrogens (tertiary/aromatic N) is 1. The van der Waals surface area contributed by atoms with E-state index in [1.807, 2.05) is 0 Å². The van der Waals surface area contributed by atoms with Crippen LogP contribution in [0.4, 0.5) is 13.2 Å². The van der Waals surface area contributed by atoms with Crippen molar-refractivity contribution in [1.82, 2.24) is 9.97 Å². The molecular formula is C12H7F3N2S. The second-order valence-electron chi connectivity index (χ2n) is 3.76. The van der Waals surface area contributed by atoms with Crippen LogP contribution in [-0.4, -0.2) is 9.97 Å². The van der Waals surface area contributed by atoms with Crippen LogP contribution in [0.3, 0.4) is 0 Å². The van der Waals surface area contributed by atoms with Crippen molar-refractivity contribution in [1.29, 1.82) is 0 Å². The first kappa shape index (κ1) is 11.3. The number of halogens is 3.